The number of carbonyl (C=O) groups is 2. The minimum absolute atomic E-state index is 0.0225. The first-order valence-electron chi connectivity index (χ1n) is 12.1. The lowest BCUT2D eigenvalue weighted by Crippen LogP contribution is -2.49. The van der Waals surface area contributed by atoms with E-state index in [9.17, 15) is 9.59 Å². The van der Waals surface area contributed by atoms with E-state index in [0.717, 1.165) is 22.3 Å². The van der Waals surface area contributed by atoms with E-state index in [4.69, 9.17) is 0 Å². The van der Waals surface area contributed by atoms with Crippen LogP contribution in [0.25, 0.3) is 10.8 Å². The lowest BCUT2D eigenvalue weighted by atomic mass is 9.98. The molecule has 4 rings (SSSR count). The van der Waals surface area contributed by atoms with Crippen molar-refractivity contribution in [1.82, 2.24) is 10.2 Å². The quantitative estimate of drug-likeness (QED) is 0.357. The van der Waals surface area contributed by atoms with E-state index in [1.165, 1.54) is 10.8 Å². The molecule has 0 aliphatic carbocycles. The van der Waals surface area contributed by atoms with Crippen molar-refractivity contribution in [3.8, 4) is 0 Å². The highest BCUT2D eigenvalue weighted by Gasteiger charge is 2.29. The average molecular weight is 465 g/mol. The molecule has 1 unspecified atom stereocenters. The third kappa shape index (κ3) is 5.96. The standard InChI is InChI=1S/C31H32N2O2/c1-23-11-6-7-15-27(23)22-33(29(31(35)32-2)21-24-12-4-3-5-13-24)30(34)20-19-26-17-10-16-25-14-8-9-18-28(25)26/h3-18,29H,19-22H2,1-2H3,(H,32,35). The van der Waals surface area contributed by atoms with Crippen LogP contribution in [-0.2, 0) is 29.0 Å². The van der Waals surface area contributed by atoms with Crippen LogP contribution in [0.4, 0.5) is 0 Å². The number of hydrogen-bond acceptors (Lipinski definition) is 2. The van der Waals surface area contributed by atoms with Gasteiger partial charge in [-0.15, -0.1) is 0 Å². The summed E-state index contributed by atoms with van der Waals surface area (Å²) in [6, 6.07) is 31.8. The highest BCUT2D eigenvalue weighted by molar-refractivity contribution is 5.89. The van der Waals surface area contributed by atoms with Crippen LogP contribution >= 0.6 is 0 Å². The monoisotopic (exact) mass is 464 g/mol. The van der Waals surface area contributed by atoms with Crippen LogP contribution < -0.4 is 5.32 Å². The van der Waals surface area contributed by atoms with E-state index in [1.807, 2.05) is 79.7 Å². The van der Waals surface area contributed by atoms with Gasteiger partial charge in [-0.25, -0.2) is 0 Å². The van der Waals surface area contributed by atoms with Gasteiger partial charge in [0.05, 0.1) is 0 Å². The van der Waals surface area contributed by atoms with Gasteiger partial charge >= 0.3 is 0 Å². The molecule has 4 aromatic rings. The number of nitrogens with one attached hydrogen (secondary N) is 1. The summed E-state index contributed by atoms with van der Waals surface area (Å²) < 4.78 is 0. The summed E-state index contributed by atoms with van der Waals surface area (Å²) in [7, 11) is 1.63. The molecule has 0 aromatic heterocycles. The molecule has 0 aliphatic heterocycles. The molecule has 1 N–H and O–H groups in total. The van der Waals surface area contributed by atoms with Crippen molar-refractivity contribution in [2.24, 2.45) is 0 Å². The molecular weight excluding hydrogens is 432 g/mol. The van der Waals surface area contributed by atoms with Crippen molar-refractivity contribution in [1.29, 1.82) is 0 Å². The van der Waals surface area contributed by atoms with E-state index >= 15 is 0 Å². The molecule has 0 radical (unpaired) electrons. The number of benzene rings is 4. The second-order valence-corrected chi connectivity index (χ2v) is 8.91. The van der Waals surface area contributed by atoms with Crippen molar-refractivity contribution < 1.29 is 9.59 Å². The summed E-state index contributed by atoms with van der Waals surface area (Å²) in [5, 5.41) is 5.12. The van der Waals surface area contributed by atoms with Crippen LogP contribution in [-0.4, -0.2) is 29.8 Å². The number of aryl methyl sites for hydroxylation is 2. The molecule has 178 valence electrons. The number of hydrogen-bond donors (Lipinski definition) is 1. The molecule has 0 fully saturated rings. The fourth-order valence-electron chi connectivity index (χ4n) is 4.59. The Kier molecular flexibility index (Phi) is 7.94. The molecule has 0 spiro atoms. The number of rotatable bonds is 9. The van der Waals surface area contributed by atoms with Gasteiger partial charge in [-0.2, -0.15) is 0 Å². The zero-order chi connectivity index (χ0) is 24.6. The van der Waals surface area contributed by atoms with Gasteiger partial charge in [0, 0.05) is 26.4 Å². The Balaban J connectivity index is 1.63. The molecule has 0 saturated heterocycles. The molecule has 4 aromatic carbocycles. The Morgan fingerprint density at radius 1 is 0.800 bits per heavy atom. The fraction of sp³-hybridized carbons (Fsp3) is 0.226. The lowest BCUT2D eigenvalue weighted by Gasteiger charge is -2.31. The number of fused-ring (bicyclic) bond motifs is 1. The summed E-state index contributed by atoms with van der Waals surface area (Å²) in [5.41, 5.74) is 4.33. The first-order chi connectivity index (χ1) is 17.1. The number of nitrogens with zero attached hydrogens (tertiary/aromatic N) is 1. The maximum Gasteiger partial charge on any atom is 0.242 e. The van der Waals surface area contributed by atoms with Crippen LogP contribution in [0.3, 0.4) is 0 Å². The van der Waals surface area contributed by atoms with Crippen LogP contribution in [0, 0.1) is 6.92 Å². The summed E-state index contributed by atoms with van der Waals surface area (Å²) in [6.07, 6.45) is 1.42. The molecular formula is C31H32N2O2. The number of likely N-dealkylation sites (N-methyl/N-ethyl adjacent to an activating group) is 1. The maximum absolute atomic E-state index is 13.8. The van der Waals surface area contributed by atoms with Crippen molar-refractivity contribution in [2.45, 2.75) is 38.8 Å². The van der Waals surface area contributed by atoms with Gasteiger partial charge in [0.25, 0.3) is 0 Å². The third-order valence-electron chi connectivity index (χ3n) is 6.61. The van der Waals surface area contributed by atoms with Gasteiger partial charge in [-0.3, -0.25) is 9.59 Å². The Hall–Kier alpha value is -3.92. The van der Waals surface area contributed by atoms with E-state index in [2.05, 4.69) is 29.6 Å². The highest BCUT2D eigenvalue weighted by atomic mass is 16.2. The van der Waals surface area contributed by atoms with E-state index in [-0.39, 0.29) is 11.8 Å². The second-order valence-electron chi connectivity index (χ2n) is 8.91. The molecule has 35 heavy (non-hydrogen) atoms. The maximum atomic E-state index is 13.8. The molecule has 0 saturated carbocycles. The Labute approximate surface area is 207 Å². The topological polar surface area (TPSA) is 49.4 Å². The van der Waals surface area contributed by atoms with Gasteiger partial charge in [0.15, 0.2) is 0 Å². The highest BCUT2D eigenvalue weighted by Crippen LogP contribution is 2.22. The molecule has 0 aliphatic rings. The SMILES string of the molecule is CNC(=O)C(Cc1ccccc1)N(Cc1ccccc1C)C(=O)CCc1cccc2ccccc12. The zero-order valence-corrected chi connectivity index (χ0v) is 20.4. The minimum atomic E-state index is -0.595. The predicted molar refractivity (Wildman–Crippen MR) is 142 cm³/mol. The van der Waals surface area contributed by atoms with Crippen molar-refractivity contribution in [3.05, 3.63) is 119 Å². The number of carbonyl (C=O) groups excluding carboxylic acids is 2. The molecule has 4 heteroatoms. The average Bonchev–Trinajstić information content (AvgIpc) is 2.90. The summed E-state index contributed by atoms with van der Waals surface area (Å²) in [5.74, 6) is -0.174. The first kappa shape index (κ1) is 24.2. The van der Waals surface area contributed by atoms with Crippen molar-refractivity contribution in [3.63, 3.8) is 0 Å². The molecule has 0 bridgehead atoms. The summed E-state index contributed by atoms with van der Waals surface area (Å²) in [4.78, 5) is 28.6. The fourth-order valence-corrected chi connectivity index (χ4v) is 4.59. The first-order valence-corrected chi connectivity index (χ1v) is 12.1. The van der Waals surface area contributed by atoms with Crippen LogP contribution in [0.15, 0.2) is 97.1 Å². The van der Waals surface area contributed by atoms with Gasteiger partial charge in [-0.05, 0) is 46.4 Å². The van der Waals surface area contributed by atoms with Gasteiger partial charge < -0.3 is 10.2 Å². The van der Waals surface area contributed by atoms with Crippen molar-refractivity contribution >= 4 is 22.6 Å². The lowest BCUT2D eigenvalue weighted by molar-refractivity contribution is -0.141. The molecule has 4 nitrogen and oxygen atoms in total. The normalized spacial score (nSPS) is 11.7. The molecule has 1 atom stereocenters. The van der Waals surface area contributed by atoms with Crippen molar-refractivity contribution in [2.75, 3.05) is 7.05 Å². The van der Waals surface area contributed by atoms with Gasteiger partial charge in [0.1, 0.15) is 6.04 Å². The number of amides is 2. The van der Waals surface area contributed by atoms with Gasteiger partial charge in [0.2, 0.25) is 11.8 Å². The molecule has 0 heterocycles. The van der Waals surface area contributed by atoms with E-state index in [1.54, 1.807) is 11.9 Å². The Morgan fingerprint density at radius 3 is 2.23 bits per heavy atom. The van der Waals surface area contributed by atoms with E-state index in [0.29, 0.717) is 25.8 Å². The summed E-state index contributed by atoms with van der Waals surface area (Å²) >= 11 is 0. The Bertz CT molecular complexity index is 1290. The summed E-state index contributed by atoms with van der Waals surface area (Å²) in [6.45, 7) is 2.44. The Morgan fingerprint density at radius 2 is 1.46 bits per heavy atom. The van der Waals surface area contributed by atoms with Crippen LogP contribution in [0.5, 0.6) is 0 Å². The largest absolute Gasteiger partial charge is 0.357 e. The second kappa shape index (κ2) is 11.5. The van der Waals surface area contributed by atoms with Crippen LogP contribution in [0.1, 0.15) is 28.7 Å². The smallest absolute Gasteiger partial charge is 0.242 e. The van der Waals surface area contributed by atoms with E-state index < -0.39 is 6.04 Å². The third-order valence-corrected chi connectivity index (χ3v) is 6.61. The van der Waals surface area contributed by atoms with Crippen LogP contribution in [0.2, 0.25) is 0 Å². The van der Waals surface area contributed by atoms with Gasteiger partial charge in [-0.1, -0.05) is 97.1 Å². The molecule has 2 amide bonds. The predicted octanol–water partition coefficient (Wildman–Crippen LogP) is 5.47. The minimum Gasteiger partial charge on any atom is -0.357 e. The zero-order valence-electron chi connectivity index (χ0n) is 20.4.